The maximum atomic E-state index is 11.6. The number of carbonyl (C=O) groups excluding carboxylic acids is 1. The van der Waals surface area contributed by atoms with Crippen LogP contribution in [0.3, 0.4) is 0 Å². The van der Waals surface area contributed by atoms with E-state index < -0.39 is 0 Å². The fraction of sp³-hybridized carbons (Fsp3) is 0.562. The first-order chi connectivity index (χ1) is 7.81. The van der Waals surface area contributed by atoms with Crippen molar-refractivity contribution in [2.75, 3.05) is 0 Å². The number of carbonyl (C=O) groups is 1. The summed E-state index contributed by atoms with van der Waals surface area (Å²) in [5.41, 5.74) is 5.04. The van der Waals surface area contributed by atoms with Crippen molar-refractivity contribution in [3.63, 3.8) is 0 Å². The summed E-state index contributed by atoms with van der Waals surface area (Å²) in [7, 11) is 0. The monoisotopic (exact) mass is 230 g/mol. The summed E-state index contributed by atoms with van der Waals surface area (Å²) < 4.78 is 0. The molecule has 1 aromatic rings. The van der Waals surface area contributed by atoms with Crippen LogP contribution in [0.25, 0.3) is 0 Å². The summed E-state index contributed by atoms with van der Waals surface area (Å²) in [6, 6.07) is 4.36. The molecule has 1 nitrogen and oxygen atoms in total. The van der Waals surface area contributed by atoms with E-state index in [-0.39, 0.29) is 11.2 Å². The molecule has 1 aliphatic rings. The van der Waals surface area contributed by atoms with Crippen LogP contribution in [0.1, 0.15) is 61.2 Å². The van der Waals surface area contributed by atoms with Crippen molar-refractivity contribution in [2.24, 2.45) is 5.92 Å². The molecule has 0 heterocycles. The van der Waals surface area contributed by atoms with E-state index in [0.717, 1.165) is 23.5 Å². The normalized spacial score (nSPS) is 22.1. The molecule has 0 amide bonds. The number of aryl methyl sites for hydroxylation is 1. The van der Waals surface area contributed by atoms with Crippen molar-refractivity contribution < 1.29 is 4.79 Å². The van der Waals surface area contributed by atoms with Gasteiger partial charge in [0.05, 0.1) is 0 Å². The van der Waals surface area contributed by atoms with Gasteiger partial charge in [0.25, 0.3) is 0 Å². The maximum absolute atomic E-state index is 11.6. The van der Waals surface area contributed by atoms with Crippen LogP contribution in [-0.2, 0) is 11.8 Å². The average molecular weight is 230 g/mol. The number of benzene rings is 1. The number of Topliss-reactive ketones (excluding diaryl/α,β-unsaturated/α-hetero) is 1. The van der Waals surface area contributed by atoms with Gasteiger partial charge in [-0.25, -0.2) is 0 Å². The topological polar surface area (TPSA) is 17.1 Å². The zero-order valence-electron chi connectivity index (χ0n) is 11.6. The molecule has 92 valence electrons. The number of hydrogen-bond acceptors (Lipinski definition) is 1. The molecule has 1 aromatic carbocycles. The van der Waals surface area contributed by atoms with Crippen LogP contribution in [0, 0.1) is 12.8 Å². The first-order valence-electron chi connectivity index (χ1n) is 6.46. The second-order valence-electron chi connectivity index (χ2n) is 6.28. The Balaban J connectivity index is 2.61. The standard InChI is InChI=1S/C16H22O/c1-10-6-13-7-11(2)14(12(3)17)8-15(13)16(4,5)9-10/h7-8,10H,6,9H2,1-5H3/t10-/m0/s1. The van der Waals surface area contributed by atoms with Gasteiger partial charge in [0.2, 0.25) is 0 Å². The second kappa shape index (κ2) is 3.97. The van der Waals surface area contributed by atoms with E-state index in [2.05, 4.69) is 32.9 Å². The van der Waals surface area contributed by atoms with Gasteiger partial charge in [0.1, 0.15) is 0 Å². The van der Waals surface area contributed by atoms with E-state index in [9.17, 15) is 4.79 Å². The third-order valence-corrected chi connectivity index (χ3v) is 3.99. The molecular formula is C16H22O. The second-order valence-corrected chi connectivity index (χ2v) is 6.28. The van der Waals surface area contributed by atoms with Gasteiger partial charge in [-0.15, -0.1) is 0 Å². The summed E-state index contributed by atoms with van der Waals surface area (Å²) in [5, 5.41) is 0. The van der Waals surface area contributed by atoms with Crippen LogP contribution in [0.5, 0.6) is 0 Å². The lowest BCUT2D eigenvalue weighted by atomic mass is 9.68. The third-order valence-electron chi connectivity index (χ3n) is 3.99. The highest BCUT2D eigenvalue weighted by Gasteiger charge is 2.31. The van der Waals surface area contributed by atoms with Crippen LogP contribution in [0.15, 0.2) is 12.1 Å². The first-order valence-corrected chi connectivity index (χ1v) is 6.46. The molecule has 0 spiro atoms. The van der Waals surface area contributed by atoms with Gasteiger partial charge in [-0.3, -0.25) is 4.79 Å². The predicted octanol–water partition coefficient (Wildman–Crippen LogP) is 4.06. The van der Waals surface area contributed by atoms with Crippen molar-refractivity contribution >= 4 is 5.78 Å². The zero-order chi connectivity index (χ0) is 12.8. The lowest BCUT2D eigenvalue weighted by Crippen LogP contribution is -2.29. The SMILES string of the molecule is CC(=O)c1cc2c(cc1C)C[C@H](C)CC2(C)C. The van der Waals surface area contributed by atoms with Crippen LogP contribution in [0.2, 0.25) is 0 Å². The van der Waals surface area contributed by atoms with E-state index in [1.165, 1.54) is 17.5 Å². The summed E-state index contributed by atoms with van der Waals surface area (Å²) >= 11 is 0. The molecule has 0 unspecified atom stereocenters. The minimum atomic E-state index is 0.180. The third kappa shape index (κ3) is 2.15. The quantitative estimate of drug-likeness (QED) is 0.665. The van der Waals surface area contributed by atoms with Gasteiger partial charge >= 0.3 is 0 Å². The minimum absolute atomic E-state index is 0.180. The Hall–Kier alpha value is -1.11. The summed E-state index contributed by atoms with van der Waals surface area (Å²) in [6.45, 7) is 10.6. The Morgan fingerprint density at radius 2 is 2.00 bits per heavy atom. The highest BCUT2D eigenvalue weighted by molar-refractivity contribution is 5.95. The predicted molar refractivity (Wildman–Crippen MR) is 71.7 cm³/mol. The largest absolute Gasteiger partial charge is 0.295 e. The minimum Gasteiger partial charge on any atom is -0.295 e. The Kier molecular flexibility index (Phi) is 2.89. The molecule has 1 heteroatoms. The average Bonchev–Trinajstić information content (AvgIpc) is 2.13. The van der Waals surface area contributed by atoms with Gasteiger partial charge in [0.15, 0.2) is 5.78 Å². The molecule has 0 aromatic heterocycles. The molecule has 2 rings (SSSR count). The van der Waals surface area contributed by atoms with E-state index in [0.29, 0.717) is 0 Å². The molecule has 0 saturated heterocycles. The molecular weight excluding hydrogens is 208 g/mol. The van der Waals surface area contributed by atoms with Crippen LogP contribution < -0.4 is 0 Å². The van der Waals surface area contributed by atoms with Crippen molar-refractivity contribution in [3.8, 4) is 0 Å². The number of hydrogen-bond donors (Lipinski definition) is 0. The van der Waals surface area contributed by atoms with Gasteiger partial charge in [-0.05, 0) is 60.8 Å². The number of fused-ring (bicyclic) bond motifs is 1. The molecule has 17 heavy (non-hydrogen) atoms. The molecule has 1 atom stereocenters. The van der Waals surface area contributed by atoms with Crippen molar-refractivity contribution in [3.05, 3.63) is 34.4 Å². The fourth-order valence-electron chi connectivity index (χ4n) is 3.37. The molecule has 0 N–H and O–H groups in total. The van der Waals surface area contributed by atoms with Gasteiger partial charge < -0.3 is 0 Å². The van der Waals surface area contributed by atoms with Crippen molar-refractivity contribution in [2.45, 2.75) is 52.9 Å². The lowest BCUT2D eigenvalue weighted by molar-refractivity contribution is 0.101. The van der Waals surface area contributed by atoms with Crippen molar-refractivity contribution in [1.29, 1.82) is 0 Å². The molecule has 1 aliphatic carbocycles. The van der Waals surface area contributed by atoms with Gasteiger partial charge in [0, 0.05) is 5.56 Å². The Bertz CT molecular complexity index is 469. The van der Waals surface area contributed by atoms with Crippen LogP contribution in [-0.4, -0.2) is 5.78 Å². The van der Waals surface area contributed by atoms with E-state index >= 15 is 0 Å². The summed E-state index contributed by atoms with van der Waals surface area (Å²) in [4.78, 5) is 11.6. The Morgan fingerprint density at radius 1 is 1.35 bits per heavy atom. The molecule has 0 fully saturated rings. The Labute approximate surface area is 104 Å². The highest BCUT2D eigenvalue weighted by Crippen LogP contribution is 2.40. The molecule has 0 saturated carbocycles. The van der Waals surface area contributed by atoms with Crippen molar-refractivity contribution in [1.82, 2.24) is 0 Å². The van der Waals surface area contributed by atoms with E-state index in [1.807, 2.05) is 6.92 Å². The van der Waals surface area contributed by atoms with E-state index in [4.69, 9.17) is 0 Å². The smallest absolute Gasteiger partial charge is 0.160 e. The highest BCUT2D eigenvalue weighted by atomic mass is 16.1. The Morgan fingerprint density at radius 3 is 2.59 bits per heavy atom. The first kappa shape index (κ1) is 12.3. The number of ketones is 1. The fourth-order valence-corrected chi connectivity index (χ4v) is 3.37. The van der Waals surface area contributed by atoms with Crippen LogP contribution >= 0.6 is 0 Å². The van der Waals surface area contributed by atoms with Crippen LogP contribution in [0.4, 0.5) is 0 Å². The maximum Gasteiger partial charge on any atom is 0.160 e. The zero-order valence-corrected chi connectivity index (χ0v) is 11.6. The molecule has 0 radical (unpaired) electrons. The summed E-state index contributed by atoms with van der Waals surface area (Å²) in [6.07, 6.45) is 2.36. The van der Waals surface area contributed by atoms with Gasteiger partial charge in [-0.2, -0.15) is 0 Å². The molecule has 0 aliphatic heterocycles. The molecule has 0 bridgehead atoms. The van der Waals surface area contributed by atoms with E-state index in [1.54, 1.807) is 6.92 Å². The summed E-state index contributed by atoms with van der Waals surface area (Å²) in [5.74, 6) is 0.916. The van der Waals surface area contributed by atoms with Gasteiger partial charge in [-0.1, -0.05) is 26.8 Å². The number of rotatable bonds is 1. The lowest BCUT2D eigenvalue weighted by Gasteiger charge is -2.37.